The van der Waals surface area contributed by atoms with Gasteiger partial charge < -0.3 is 0 Å². The van der Waals surface area contributed by atoms with E-state index in [9.17, 15) is 4.39 Å². The van der Waals surface area contributed by atoms with Crippen LogP contribution in [0, 0.1) is 12.7 Å². The molecule has 2 aromatic rings. The van der Waals surface area contributed by atoms with E-state index >= 15 is 0 Å². The molecule has 2 heteroatoms. The van der Waals surface area contributed by atoms with Crippen molar-refractivity contribution in [1.82, 2.24) is 4.98 Å². The Balaban J connectivity index is 2.76. The predicted molar refractivity (Wildman–Crippen MR) is 65.1 cm³/mol. The van der Waals surface area contributed by atoms with Gasteiger partial charge in [-0.15, -0.1) is 0 Å². The number of halogens is 1. The highest BCUT2D eigenvalue weighted by molar-refractivity contribution is 5.83. The number of rotatable bonds is 0. The normalized spacial score (nSPS) is 12.1. The molecule has 0 aliphatic carbocycles. The molecular formula is C14H16FN. The average Bonchev–Trinajstić information content (AvgIpc) is 2.22. The SMILES string of the molecule is Cc1ccc(F)c2ncc(C(C)(C)C)cc12. The van der Waals surface area contributed by atoms with E-state index in [1.165, 1.54) is 6.07 Å². The summed E-state index contributed by atoms with van der Waals surface area (Å²) in [5.74, 6) is -0.249. The van der Waals surface area contributed by atoms with Gasteiger partial charge in [-0.25, -0.2) is 4.39 Å². The second-order valence-electron chi connectivity index (χ2n) is 5.23. The third-order valence-corrected chi connectivity index (χ3v) is 2.88. The number of hydrogen-bond acceptors (Lipinski definition) is 1. The summed E-state index contributed by atoms with van der Waals surface area (Å²) in [4.78, 5) is 4.23. The Morgan fingerprint density at radius 2 is 1.88 bits per heavy atom. The van der Waals surface area contributed by atoms with Crippen molar-refractivity contribution in [3.05, 3.63) is 41.3 Å². The summed E-state index contributed by atoms with van der Waals surface area (Å²) in [6.07, 6.45) is 1.77. The van der Waals surface area contributed by atoms with E-state index in [1.807, 2.05) is 13.0 Å². The van der Waals surface area contributed by atoms with E-state index in [-0.39, 0.29) is 11.2 Å². The zero-order valence-corrected chi connectivity index (χ0v) is 10.1. The summed E-state index contributed by atoms with van der Waals surface area (Å²) in [6, 6.07) is 5.31. The Morgan fingerprint density at radius 1 is 1.19 bits per heavy atom. The number of hydrogen-bond donors (Lipinski definition) is 0. The molecule has 1 heterocycles. The molecule has 0 aliphatic rings. The highest BCUT2D eigenvalue weighted by atomic mass is 19.1. The Kier molecular flexibility index (Phi) is 2.45. The lowest BCUT2D eigenvalue weighted by molar-refractivity contribution is 0.587. The lowest BCUT2D eigenvalue weighted by atomic mass is 9.87. The molecule has 0 amide bonds. The van der Waals surface area contributed by atoms with Crippen LogP contribution in [0.3, 0.4) is 0 Å². The van der Waals surface area contributed by atoms with Gasteiger partial charge in [-0.1, -0.05) is 26.8 Å². The van der Waals surface area contributed by atoms with Crippen molar-refractivity contribution in [2.24, 2.45) is 0 Å². The van der Waals surface area contributed by atoms with E-state index in [0.29, 0.717) is 5.52 Å². The number of pyridine rings is 1. The van der Waals surface area contributed by atoms with Gasteiger partial charge in [-0.05, 0) is 35.6 Å². The van der Waals surface area contributed by atoms with Gasteiger partial charge in [-0.2, -0.15) is 0 Å². The maximum Gasteiger partial charge on any atom is 0.149 e. The van der Waals surface area contributed by atoms with Crippen LogP contribution >= 0.6 is 0 Å². The summed E-state index contributed by atoms with van der Waals surface area (Å²) < 4.78 is 13.5. The Bertz CT molecular complexity index is 538. The van der Waals surface area contributed by atoms with E-state index in [1.54, 1.807) is 12.3 Å². The van der Waals surface area contributed by atoms with Gasteiger partial charge in [0.1, 0.15) is 11.3 Å². The maximum atomic E-state index is 13.5. The van der Waals surface area contributed by atoms with Crippen LogP contribution < -0.4 is 0 Å². The van der Waals surface area contributed by atoms with E-state index in [4.69, 9.17) is 0 Å². The minimum atomic E-state index is -0.249. The molecule has 1 nitrogen and oxygen atoms in total. The lowest BCUT2D eigenvalue weighted by Crippen LogP contribution is -2.11. The van der Waals surface area contributed by atoms with E-state index in [0.717, 1.165) is 16.5 Å². The Labute approximate surface area is 95.3 Å². The number of fused-ring (bicyclic) bond motifs is 1. The van der Waals surface area contributed by atoms with Crippen LogP contribution in [0.25, 0.3) is 10.9 Å². The molecule has 0 bridgehead atoms. The molecule has 0 N–H and O–H groups in total. The Hall–Kier alpha value is -1.44. The molecule has 0 fully saturated rings. The van der Waals surface area contributed by atoms with Gasteiger partial charge in [0.05, 0.1) is 0 Å². The van der Waals surface area contributed by atoms with E-state index in [2.05, 4.69) is 25.8 Å². The molecule has 0 unspecified atom stereocenters. The van der Waals surface area contributed by atoms with Crippen LogP contribution in [0.1, 0.15) is 31.9 Å². The highest BCUT2D eigenvalue weighted by Gasteiger charge is 2.15. The number of aromatic nitrogens is 1. The summed E-state index contributed by atoms with van der Waals surface area (Å²) in [6.45, 7) is 8.37. The Morgan fingerprint density at radius 3 is 2.50 bits per heavy atom. The number of nitrogens with zero attached hydrogens (tertiary/aromatic N) is 1. The van der Waals surface area contributed by atoms with Crippen molar-refractivity contribution >= 4 is 10.9 Å². The van der Waals surface area contributed by atoms with Gasteiger partial charge in [0, 0.05) is 11.6 Å². The van der Waals surface area contributed by atoms with Gasteiger partial charge >= 0.3 is 0 Å². The summed E-state index contributed by atoms with van der Waals surface area (Å²) >= 11 is 0. The summed E-state index contributed by atoms with van der Waals surface area (Å²) in [7, 11) is 0. The summed E-state index contributed by atoms with van der Waals surface area (Å²) in [5.41, 5.74) is 2.71. The molecule has 2 rings (SSSR count). The second kappa shape index (κ2) is 3.55. The van der Waals surface area contributed by atoms with Crippen LogP contribution in [0.4, 0.5) is 4.39 Å². The molecule has 1 aromatic heterocycles. The fourth-order valence-corrected chi connectivity index (χ4v) is 1.73. The number of aryl methyl sites for hydroxylation is 1. The fourth-order valence-electron chi connectivity index (χ4n) is 1.73. The van der Waals surface area contributed by atoms with Crippen molar-refractivity contribution in [2.45, 2.75) is 33.1 Å². The van der Waals surface area contributed by atoms with Gasteiger partial charge in [0.2, 0.25) is 0 Å². The third kappa shape index (κ3) is 1.80. The highest BCUT2D eigenvalue weighted by Crippen LogP contribution is 2.27. The van der Waals surface area contributed by atoms with Gasteiger partial charge in [0.25, 0.3) is 0 Å². The van der Waals surface area contributed by atoms with Gasteiger partial charge in [0.15, 0.2) is 0 Å². The van der Waals surface area contributed by atoms with Crippen molar-refractivity contribution in [2.75, 3.05) is 0 Å². The monoisotopic (exact) mass is 217 g/mol. The summed E-state index contributed by atoms with van der Waals surface area (Å²) in [5, 5.41) is 0.910. The van der Waals surface area contributed by atoms with Gasteiger partial charge in [-0.3, -0.25) is 4.98 Å². The van der Waals surface area contributed by atoms with Crippen LogP contribution in [0.15, 0.2) is 24.4 Å². The molecule has 0 radical (unpaired) electrons. The molecule has 0 atom stereocenters. The van der Waals surface area contributed by atoms with Crippen molar-refractivity contribution in [1.29, 1.82) is 0 Å². The standard InChI is InChI=1S/C14H16FN/c1-9-5-6-12(15)13-11(9)7-10(8-16-13)14(2,3)4/h5-8H,1-4H3. The zero-order valence-electron chi connectivity index (χ0n) is 10.1. The third-order valence-electron chi connectivity index (χ3n) is 2.88. The molecule has 0 saturated carbocycles. The minimum Gasteiger partial charge on any atom is -0.253 e. The zero-order chi connectivity index (χ0) is 11.9. The molecule has 0 spiro atoms. The van der Waals surface area contributed by atoms with Crippen LogP contribution in [0.5, 0.6) is 0 Å². The molecular weight excluding hydrogens is 201 g/mol. The first-order chi connectivity index (χ1) is 7.39. The smallest absolute Gasteiger partial charge is 0.149 e. The van der Waals surface area contributed by atoms with Crippen molar-refractivity contribution in [3.63, 3.8) is 0 Å². The molecule has 0 aliphatic heterocycles. The first kappa shape index (κ1) is 11.1. The quantitative estimate of drug-likeness (QED) is 0.650. The first-order valence-corrected chi connectivity index (χ1v) is 5.45. The fraction of sp³-hybridized carbons (Fsp3) is 0.357. The van der Waals surface area contributed by atoms with Crippen LogP contribution in [-0.4, -0.2) is 4.98 Å². The second-order valence-corrected chi connectivity index (χ2v) is 5.23. The lowest BCUT2D eigenvalue weighted by Gasteiger charge is -2.19. The first-order valence-electron chi connectivity index (χ1n) is 5.45. The topological polar surface area (TPSA) is 12.9 Å². The maximum absolute atomic E-state index is 13.5. The van der Waals surface area contributed by atoms with Crippen molar-refractivity contribution in [3.8, 4) is 0 Å². The molecule has 1 aromatic carbocycles. The molecule has 84 valence electrons. The average molecular weight is 217 g/mol. The number of benzene rings is 1. The van der Waals surface area contributed by atoms with Crippen LogP contribution in [0.2, 0.25) is 0 Å². The predicted octanol–water partition coefficient (Wildman–Crippen LogP) is 3.98. The van der Waals surface area contributed by atoms with E-state index < -0.39 is 0 Å². The minimum absolute atomic E-state index is 0.0416. The largest absolute Gasteiger partial charge is 0.253 e. The molecule has 16 heavy (non-hydrogen) atoms. The van der Waals surface area contributed by atoms with Crippen LogP contribution in [-0.2, 0) is 5.41 Å². The molecule has 0 saturated heterocycles. The van der Waals surface area contributed by atoms with Crippen molar-refractivity contribution < 1.29 is 4.39 Å².